The molecule has 0 aliphatic rings. The van der Waals surface area contributed by atoms with Gasteiger partial charge in [0.05, 0.1) is 5.56 Å². The summed E-state index contributed by atoms with van der Waals surface area (Å²) in [7, 11) is 3.65. The average Bonchev–Trinajstić information content (AvgIpc) is 2.25. The Morgan fingerprint density at radius 1 is 1.56 bits per heavy atom. The number of benzene rings is 1. The van der Waals surface area contributed by atoms with E-state index < -0.39 is 0 Å². The number of nitrogens with one attached hydrogen (secondary N) is 1. The molecule has 0 bridgehead atoms. The van der Waals surface area contributed by atoms with Gasteiger partial charge >= 0.3 is 0 Å². The maximum Gasteiger partial charge on any atom is 0.254 e. The Kier molecular flexibility index (Phi) is 5.31. The number of rotatable bonds is 4. The molecule has 1 amide bonds. The molecular weight excluding hydrogens is 288 g/mol. The summed E-state index contributed by atoms with van der Waals surface area (Å²) in [5.74, 6) is -0.00671. The molecule has 0 spiro atoms. The largest absolute Gasteiger partial charge is 0.340 e. The van der Waals surface area contributed by atoms with Gasteiger partial charge in [-0.05, 0) is 25.2 Å². The number of likely N-dealkylation sites (N-methyl/N-ethyl adjacent to an activating group) is 2. The smallest absolute Gasteiger partial charge is 0.254 e. The van der Waals surface area contributed by atoms with Crippen molar-refractivity contribution >= 4 is 34.5 Å². The summed E-state index contributed by atoms with van der Waals surface area (Å²) >= 11 is 7.64. The van der Waals surface area contributed by atoms with Crippen molar-refractivity contribution in [3.05, 3.63) is 28.2 Å². The fourth-order valence-electron chi connectivity index (χ4n) is 1.27. The van der Waals surface area contributed by atoms with Crippen LogP contribution in [0.2, 0.25) is 0 Å². The van der Waals surface area contributed by atoms with Crippen molar-refractivity contribution in [1.82, 2.24) is 10.2 Å². The number of nitrogens with zero attached hydrogens (tertiary/aromatic N) is 1. The maximum absolute atomic E-state index is 12.0. The van der Waals surface area contributed by atoms with Crippen molar-refractivity contribution in [2.24, 2.45) is 0 Å². The number of halogens is 1. The van der Waals surface area contributed by atoms with Gasteiger partial charge in [0.25, 0.3) is 5.91 Å². The van der Waals surface area contributed by atoms with Crippen LogP contribution in [0.25, 0.3) is 0 Å². The molecule has 0 saturated carbocycles. The molecule has 1 N–H and O–H groups in total. The van der Waals surface area contributed by atoms with Crippen LogP contribution in [0.1, 0.15) is 10.4 Å². The summed E-state index contributed by atoms with van der Waals surface area (Å²) in [5.41, 5.74) is 0.630. The fraction of sp³-hybridized carbons (Fsp3) is 0.364. The molecule has 0 unspecified atom stereocenters. The molecule has 3 nitrogen and oxygen atoms in total. The van der Waals surface area contributed by atoms with Crippen LogP contribution < -0.4 is 5.32 Å². The molecule has 16 heavy (non-hydrogen) atoms. The lowest BCUT2D eigenvalue weighted by atomic mass is 10.2. The number of thiol groups is 1. The topological polar surface area (TPSA) is 32.3 Å². The highest BCUT2D eigenvalue weighted by atomic mass is 79.9. The second-order valence-electron chi connectivity index (χ2n) is 3.49. The van der Waals surface area contributed by atoms with Crippen LogP contribution in [0.3, 0.4) is 0 Å². The van der Waals surface area contributed by atoms with Crippen molar-refractivity contribution in [1.29, 1.82) is 0 Å². The third kappa shape index (κ3) is 3.50. The monoisotopic (exact) mass is 302 g/mol. The van der Waals surface area contributed by atoms with Crippen molar-refractivity contribution < 1.29 is 4.79 Å². The summed E-state index contributed by atoms with van der Waals surface area (Å²) in [6.07, 6.45) is 0. The fourth-order valence-corrected chi connectivity index (χ4v) is 2.12. The Morgan fingerprint density at radius 2 is 2.25 bits per heavy atom. The highest BCUT2D eigenvalue weighted by Crippen LogP contribution is 2.20. The molecule has 0 aromatic heterocycles. The van der Waals surface area contributed by atoms with E-state index in [1.165, 1.54) is 0 Å². The van der Waals surface area contributed by atoms with Gasteiger partial charge < -0.3 is 10.2 Å². The van der Waals surface area contributed by atoms with E-state index in [9.17, 15) is 4.79 Å². The molecule has 0 atom stereocenters. The molecule has 1 rings (SSSR count). The molecule has 0 heterocycles. The zero-order chi connectivity index (χ0) is 12.1. The molecule has 1 aromatic carbocycles. The van der Waals surface area contributed by atoms with Crippen LogP contribution in [0, 0.1) is 0 Å². The molecule has 0 saturated heterocycles. The number of hydrogen-bond donors (Lipinski definition) is 2. The Labute approximate surface area is 110 Å². The quantitative estimate of drug-likeness (QED) is 0.834. The Hall–Kier alpha value is -0.520. The first-order valence-corrected chi connectivity index (χ1v) is 6.19. The number of amides is 1. The van der Waals surface area contributed by atoms with Crippen LogP contribution in [0.5, 0.6) is 0 Å². The second kappa shape index (κ2) is 6.27. The Morgan fingerprint density at radius 3 is 2.81 bits per heavy atom. The van der Waals surface area contributed by atoms with Crippen molar-refractivity contribution in [2.45, 2.75) is 4.90 Å². The molecule has 88 valence electrons. The van der Waals surface area contributed by atoms with Crippen molar-refractivity contribution in [3.63, 3.8) is 0 Å². The minimum Gasteiger partial charge on any atom is -0.340 e. The van der Waals surface area contributed by atoms with E-state index in [-0.39, 0.29) is 5.91 Å². The van der Waals surface area contributed by atoms with Gasteiger partial charge in [0, 0.05) is 29.5 Å². The van der Waals surface area contributed by atoms with E-state index in [4.69, 9.17) is 0 Å². The van der Waals surface area contributed by atoms with Crippen LogP contribution >= 0.6 is 28.6 Å². The normalized spacial score (nSPS) is 10.2. The summed E-state index contributed by atoms with van der Waals surface area (Å²) in [6.45, 7) is 1.46. The summed E-state index contributed by atoms with van der Waals surface area (Å²) in [6, 6.07) is 5.45. The van der Waals surface area contributed by atoms with E-state index in [2.05, 4.69) is 33.9 Å². The van der Waals surface area contributed by atoms with Gasteiger partial charge in [-0.1, -0.05) is 15.9 Å². The molecule has 0 aliphatic heterocycles. The summed E-state index contributed by atoms with van der Waals surface area (Å²) in [5, 5.41) is 3.01. The Balaban J connectivity index is 2.79. The molecule has 1 aromatic rings. The van der Waals surface area contributed by atoms with Crippen molar-refractivity contribution in [3.8, 4) is 0 Å². The molecular formula is C11H15BrN2OS. The number of hydrogen-bond acceptors (Lipinski definition) is 3. The van der Waals surface area contributed by atoms with Crippen LogP contribution in [-0.4, -0.2) is 38.0 Å². The van der Waals surface area contributed by atoms with Gasteiger partial charge in [-0.15, -0.1) is 12.6 Å². The van der Waals surface area contributed by atoms with Gasteiger partial charge in [-0.3, -0.25) is 4.79 Å². The predicted octanol–water partition coefficient (Wildman–Crippen LogP) is 2.03. The number of carbonyl (C=O) groups excluding carboxylic acids is 1. The zero-order valence-electron chi connectivity index (χ0n) is 9.33. The molecule has 0 fully saturated rings. The van der Waals surface area contributed by atoms with E-state index in [0.717, 1.165) is 11.0 Å². The minimum atomic E-state index is -0.00671. The van der Waals surface area contributed by atoms with Gasteiger partial charge in [0.15, 0.2) is 0 Å². The van der Waals surface area contributed by atoms with Gasteiger partial charge in [-0.2, -0.15) is 0 Å². The van der Waals surface area contributed by atoms with E-state index in [0.29, 0.717) is 17.0 Å². The maximum atomic E-state index is 12.0. The molecule has 0 aliphatic carbocycles. The van der Waals surface area contributed by atoms with Crippen molar-refractivity contribution in [2.75, 3.05) is 27.2 Å². The first-order chi connectivity index (χ1) is 7.56. The zero-order valence-corrected chi connectivity index (χ0v) is 11.8. The molecule has 5 heteroatoms. The van der Waals surface area contributed by atoms with Gasteiger partial charge in [-0.25, -0.2) is 0 Å². The SMILES string of the molecule is CNCCN(C)C(=O)c1ccc(Br)cc1S. The lowest BCUT2D eigenvalue weighted by Crippen LogP contribution is -2.32. The minimum absolute atomic E-state index is 0.00671. The summed E-state index contributed by atoms with van der Waals surface area (Å²) < 4.78 is 0.923. The van der Waals surface area contributed by atoms with Gasteiger partial charge in [0.1, 0.15) is 0 Å². The second-order valence-corrected chi connectivity index (χ2v) is 4.89. The lowest BCUT2D eigenvalue weighted by Gasteiger charge is -2.17. The third-order valence-corrected chi connectivity index (χ3v) is 3.10. The average molecular weight is 303 g/mol. The first-order valence-electron chi connectivity index (χ1n) is 4.95. The highest BCUT2D eigenvalue weighted by Gasteiger charge is 2.13. The van der Waals surface area contributed by atoms with Gasteiger partial charge in [0.2, 0.25) is 0 Å². The van der Waals surface area contributed by atoms with E-state index in [1.807, 2.05) is 19.2 Å². The standard InChI is InChI=1S/C11H15BrN2OS/c1-13-5-6-14(2)11(15)9-4-3-8(12)7-10(9)16/h3-4,7,13,16H,5-6H2,1-2H3. The van der Waals surface area contributed by atoms with Crippen LogP contribution in [-0.2, 0) is 0 Å². The summed E-state index contributed by atoms with van der Waals surface area (Å²) in [4.78, 5) is 14.4. The number of carbonyl (C=O) groups is 1. The highest BCUT2D eigenvalue weighted by molar-refractivity contribution is 9.10. The van der Waals surface area contributed by atoms with E-state index in [1.54, 1.807) is 18.0 Å². The third-order valence-electron chi connectivity index (χ3n) is 2.23. The Bertz CT molecular complexity index is 384. The molecule has 0 radical (unpaired) electrons. The van der Waals surface area contributed by atoms with Crippen LogP contribution in [0.15, 0.2) is 27.6 Å². The first kappa shape index (κ1) is 13.5. The predicted molar refractivity (Wildman–Crippen MR) is 72.3 cm³/mol. The van der Waals surface area contributed by atoms with Crippen LogP contribution in [0.4, 0.5) is 0 Å². The van der Waals surface area contributed by atoms with E-state index >= 15 is 0 Å². The lowest BCUT2D eigenvalue weighted by molar-refractivity contribution is 0.0793.